The van der Waals surface area contributed by atoms with E-state index in [1.807, 2.05) is 17.0 Å². The zero-order valence-corrected chi connectivity index (χ0v) is 20.2. The Morgan fingerprint density at radius 3 is 2.44 bits per heavy atom. The Kier molecular flexibility index (Phi) is 6.31. The molecule has 0 atom stereocenters. The molecule has 170 valence electrons. The molecule has 0 unspecified atom stereocenters. The number of rotatable bonds is 5. The normalized spacial score (nSPS) is 19.6. The molecule has 10 heteroatoms. The average molecular weight is 491 g/mol. The maximum absolute atomic E-state index is 12.9. The lowest BCUT2D eigenvalue weighted by atomic mass is 9.97. The zero-order chi connectivity index (χ0) is 22.1. The highest BCUT2D eigenvalue weighted by Gasteiger charge is 2.31. The van der Waals surface area contributed by atoms with Gasteiger partial charge in [0.05, 0.1) is 21.8 Å². The standard InChI is InChI=1S/C22H26N4O3S3/c27-20(16-24-11-13-26(14-12-24)32(28,29)21-6-3-15-30-21)25-9-7-17(8-10-25)22-23-18-4-1-2-5-19(18)31-22/h1-6,15,17H,7-14,16H2. The lowest BCUT2D eigenvalue weighted by Gasteiger charge is -2.36. The molecule has 1 amide bonds. The van der Waals surface area contributed by atoms with Gasteiger partial charge in [0, 0.05) is 45.2 Å². The fourth-order valence-corrected chi connectivity index (χ4v) is 8.10. The van der Waals surface area contributed by atoms with Crippen molar-refractivity contribution in [2.45, 2.75) is 23.0 Å². The number of thiophene rings is 1. The van der Waals surface area contributed by atoms with Gasteiger partial charge in [-0.25, -0.2) is 13.4 Å². The maximum atomic E-state index is 12.9. The number of likely N-dealkylation sites (tertiary alicyclic amines) is 1. The summed E-state index contributed by atoms with van der Waals surface area (Å²) >= 11 is 3.01. The van der Waals surface area contributed by atoms with Gasteiger partial charge in [-0.2, -0.15) is 4.31 Å². The van der Waals surface area contributed by atoms with Crippen LogP contribution in [0.5, 0.6) is 0 Å². The Morgan fingerprint density at radius 2 is 1.75 bits per heavy atom. The molecule has 0 bridgehead atoms. The van der Waals surface area contributed by atoms with Crippen LogP contribution in [0.15, 0.2) is 46.0 Å². The van der Waals surface area contributed by atoms with Crippen LogP contribution >= 0.6 is 22.7 Å². The van der Waals surface area contributed by atoms with E-state index in [1.165, 1.54) is 25.3 Å². The van der Waals surface area contributed by atoms with Crippen LogP contribution in [0.1, 0.15) is 23.8 Å². The molecule has 7 nitrogen and oxygen atoms in total. The lowest BCUT2D eigenvalue weighted by Crippen LogP contribution is -2.52. The van der Waals surface area contributed by atoms with Gasteiger partial charge in [0.15, 0.2) is 0 Å². The van der Waals surface area contributed by atoms with Gasteiger partial charge in [0.1, 0.15) is 4.21 Å². The van der Waals surface area contributed by atoms with Crippen LogP contribution in [0, 0.1) is 0 Å². The number of para-hydroxylation sites is 1. The molecule has 2 aliphatic heterocycles. The molecule has 3 aromatic rings. The van der Waals surface area contributed by atoms with E-state index >= 15 is 0 Å². The highest BCUT2D eigenvalue weighted by Crippen LogP contribution is 2.33. The van der Waals surface area contributed by atoms with E-state index in [0.29, 0.717) is 42.9 Å². The first-order chi connectivity index (χ1) is 15.5. The summed E-state index contributed by atoms with van der Waals surface area (Å²) in [5, 5.41) is 2.96. The Morgan fingerprint density at radius 1 is 1.00 bits per heavy atom. The third-order valence-corrected chi connectivity index (χ3v) is 10.8. The van der Waals surface area contributed by atoms with Crippen molar-refractivity contribution < 1.29 is 13.2 Å². The number of fused-ring (bicyclic) bond motifs is 1. The summed E-state index contributed by atoms with van der Waals surface area (Å²) in [5.41, 5.74) is 1.06. The predicted molar refractivity (Wildman–Crippen MR) is 128 cm³/mol. The number of carbonyl (C=O) groups is 1. The number of benzene rings is 1. The molecular weight excluding hydrogens is 464 g/mol. The van der Waals surface area contributed by atoms with Crippen LogP contribution < -0.4 is 0 Å². The first-order valence-electron chi connectivity index (χ1n) is 10.9. The highest BCUT2D eigenvalue weighted by molar-refractivity contribution is 7.91. The molecule has 5 rings (SSSR count). The fraction of sp³-hybridized carbons (Fsp3) is 0.455. The number of amides is 1. The molecule has 2 aliphatic rings. The first kappa shape index (κ1) is 22.0. The molecule has 0 aliphatic carbocycles. The quantitative estimate of drug-likeness (QED) is 0.550. The van der Waals surface area contributed by atoms with Crippen molar-refractivity contribution >= 4 is 48.8 Å². The summed E-state index contributed by atoms with van der Waals surface area (Å²) in [5.74, 6) is 0.560. The second kappa shape index (κ2) is 9.18. The third-order valence-electron chi connectivity index (χ3n) is 6.29. The number of hydrogen-bond donors (Lipinski definition) is 0. The molecule has 0 radical (unpaired) electrons. The average Bonchev–Trinajstić information content (AvgIpc) is 3.50. The van der Waals surface area contributed by atoms with Gasteiger partial charge < -0.3 is 4.90 Å². The van der Waals surface area contributed by atoms with Gasteiger partial charge in [0.25, 0.3) is 10.0 Å². The van der Waals surface area contributed by atoms with Crippen LogP contribution in [0.3, 0.4) is 0 Å². The summed E-state index contributed by atoms with van der Waals surface area (Å²) in [6, 6.07) is 11.6. The van der Waals surface area contributed by atoms with Crippen LogP contribution in [-0.4, -0.2) is 79.2 Å². The van der Waals surface area contributed by atoms with Crippen molar-refractivity contribution in [2.24, 2.45) is 0 Å². The highest BCUT2D eigenvalue weighted by atomic mass is 32.2. The number of thiazole rings is 1. The van der Waals surface area contributed by atoms with Gasteiger partial charge in [-0.1, -0.05) is 18.2 Å². The second-order valence-electron chi connectivity index (χ2n) is 8.29. The number of nitrogens with zero attached hydrogens (tertiary/aromatic N) is 4. The molecule has 2 aromatic heterocycles. The maximum Gasteiger partial charge on any atom is 0.252 e. The molecule has 0 spiro atoms. The van der Waals surface area contributed by atoms with E-state index in [0.717, 1.165) is 31.4 Å². The molecule has 0 N–H and O–H groups in total. The topological polar surface area (TPSA) is 73.8 Å². The molecule has 2 saturated heterocycles. The minimum Gasteiger partial charge on any atom is -0.342 e. The van der Waals surface area contributed by atoms with Crippen LogP contribution in [-0.2, 0) is 14.8 Å². The Bertz CT molecular complexity index is 1140. The molecule has 2 fully saturated rings. The summed E-state index contributed by atoms with van der Waals surface area (Å²) in [4.78, 5) is 21.7. The van der Waals surface area contributed by atoms with Crippen LogP contribution in [0.25, 0.3) is 10.2 Å². The van der Waals surface area contributed by atoms with Crippen molar-refractivity contribution in [1.29, 1.82) is 0 Å². The summed E-state index contributed by atoms with van der Waals surface area (Å²) in [6.45, 7) is 3.88. The number of piperazine rings is 1. The van der Waals surface area contributed by atoms with Crippen molar-refractivity contribution in [3.05, 3.63) is 46.8 Å². The van der Waals surface area contributed by atoms with E-state index in [9.17, 15) is 13.2 Å². The van der Waals surface area contributed by atoms with Gasteiger partial charge in [-0.05, 0) is 36.4 Å². The fourth-order valence-electron chi connectivity index (χ4n) is 4.40. The Balaban J connectivity index is 1.11. The monoisotopic (exact) mass is 490 g/mol. The number of carbonyl (C=O) groups excluding carboxylic acids is 1. The van der Waals surface area contributed by atoms with Gasteiger partial charge in [-0.15, -0.1) is 22.7 Å². The second-order valence-corrected chi connectivity index (χ2v) is 12.5. The molecule has 0 saturated carbocycles. The largest absolute Gasteiger partial charge is 0.342 e. The minimum absolute atomic E-state index is 0.141. The lowest BCUT2D eigenvalue weighted by molar-refractivity contribution is -0.133. The van der Waals surface area contributed by atoms with E-state index in [2.05, 4.69) is 17.0 Å². The summed E-state index contributed by atoms with van der Waals surface area (Å²) in [6.07, 6.45) is 1.89. The van der Waals surface area contributed by atoms with Crippen LogP contribution in [0.2, 0.25) is 0 Å². The van der Waals surface area contributed by atoms with Crippen molar-refractivity contribution in [2.75, 3.05) is 45.8 Å². The number of sulfonamides is 1. The van der Waals surface area contributed by atoms with Crippen LogP contribution in [0.4, 0.5) is 0 Å². The molecule has 32 heavy (non-hydrogen) atoms. The predicted octanol–water partition coefficient (Wildman–Crippen LogP) is 3.07. The molecule has 1 aromatic carbocycles. The molecular formula is C22H26N4O3S3. The Labute approximate surface area is 196 Å². The third kappa shape index (κ3) is 4.47. The van der Waals surface area contributed by atoms with E-state index in [4.69, 9.17) is 4.98 Å². The van der Waals surface area contributed by atoms with Gasteiger partial charge in [0.2, 0.25) is 5.91 Å². The first-order valence-corrected chi connectivity index (χ1v) is 14.0. The van der Waals surface area contributed by atoms with Crippen molar-refractivity contribution in [3.8, 4) is 0 Å². The Hall–Kier alpha value is -1.85. The number of hydrogen-bond acceptors (Lipinski definition) is 7. The number of piperidine rings is 1. The van der Waals surface area contributed by atoms with Crippen molar-refractivity contribution in [1.82, 2.24) is 19.1 Å². The van der Waals surface area contributed by atoms with E-state index < -0.39 is 10.0 Å². The summed E-state index contributed by atoms with van der Waals surface area (Å²) in [7, 11) is -3.41. The number of aromatic nitrogens is 1. The SMILES string of the molecule is O=C(CN1CCN(S(=O)(=O)c2cccs2)CC1)N1CCC(c2nc3ccccc3s2)CC1. The van der Waals surface area contributed by atoms with Gasteiger partial charge >= 0.3 is 0 Å². The smallest absolute Gasteiger partial charge is 0.252 e. The van der Waals surface area contributed by atoms with E-state index in [-0.39, 0.29) is 5.91 Å². The van der Waals surface area contributed by atoms with Crippen molar-refractivity contribution in [3.63, 3.8) is 0 Å². The van der Waals surface area contributed by atoms with E-state index in [1.54, 1.807) is 28.8 Å². The zero-order valence-electron chi connectivity index (χ0n) is 17.7. The van der Waals surface area contributed by atoms with Gasteiger partial charge in [-0.3, -0.25) is 9.69 Å². The summed E-state index contributed by atoms with van der Waals surface area (Å²) < 4.78 is 28.5. The molecule has 4 heterocycles. The minimum atomic E-state index is -3.41.